The van der Waals surface area contributed by atoms with Crippen LogP contribution in [0.25, 0.3) is 10.9 Å². The summed E-state index contributed by atoms with van der Waals surface area (Å²) in [7, 11) is 0. The van der Waals surface area contributed by atoms with Crippen molar-refractivity contribution in [2.75, 3.05) is 13.1 Å². The molecule has 8 heteroatoms. The smallest absolute Gasteiger partial charge is 0.317 e. The molecule has 2 aromatic heterocycles. The zero-order valence-electron chi connectivity index (χ0n) is 14.3. The lowest BCUT2D eigenvalue weighted by Crippen LogP contribution is -2.52. The maximum atomic E-state index is 12.0. The highest BCUT2D eigenvalue weighted by Gasteiger charge is 2.26. The number of aromatic amines is 1. The molecule has 1 aliphatic rings. The minimum atomic E-state index is -0.0311. The Hall–Kier alpha value is -2.67. The zero-order valence-corrected chi connectivity index (χ0v) is 15.0. The van der Waals surface area contributed by atoms with Gasteiger partial charge in [-0.05, 0) is 18.1 Å². The van der Waals surface area contributed by atoms with Gasteiger partial charge in [0.1, 0.15) is 24.3 Å². The lowest BCUT2D eigenvalue weighted by molar-refractivity contribution is 0.129. The Morgan fingerprint density at radius 2 is 2.31 bits per heavy atom. The van der Waals surface area contributed by atoms with E-state index >= 15 is 0 Å². The Morgan fingerprint density at radius 3 is 3.04 bits per heavy atom. The number of benzene rings is 1. The molecule has 2 amide bonds. The largest absolute Gasteiger partial charge is 0.486 e. The third-order valence-corrected chi connectivity index (χ3v) is 4.67. The summed E-state index contributed by atoms with van der Waals surface area (Å²) in [6, 6.07) is 7.37. The first kappa shape index (κ1) is 16.8. The second-order valence-corrected chi connectivity index (χ2v) is 7.02. The fraction of sp³-hybridized carbons (Fsp3) is 0.333. The summed E-state index contributed by atoms with van der Waals surface area (Å²) in [5, 5.41) is 8.21. The first-order chi connectivity index (χ1) is 12.6. The standard InChI is InChI=1S/C18H19ClN4O3/c1-11-8-23(9-11)18(24)20-7-14-4-12-5-15(19)17(6-16(12)21-14)25-10-13-2-3-26-22-13/h2-6,11,21H,7-10H2,1H3,(H,20,24). The minimum Gasteiger partial charge on any atom is -0.486 e. The molecule has 0 aliphatic carbocycles. The molecule has 7 nitrogen and oxygen atoms in total. The molecular formula is C18H19ClN4O3. The van der Waals surface area contributed by atoms with Gasteiger partial charge in [0.05, 0.1) is 11.6 Å². The average Bonchev–Trinajstić information content (AvgIpc) is 3.23. The number of hydrogen-bond acceptors (Lipinski definition) is 4. The first-order valence-electron chi connectivity index (χ1n) is 8.44. The number of fused-ring (bicyclic) bond motifs is 1. The van der Waals surface area contributed by atoms with Crippen LogP contribution in [-0.2, 0) is 13.2 Å². The van der Waals surface area contributed by atoms with E-state index in [1.54, 1.807) is 11.0 Å². The number of ether oxygens (including phenoxy) is 1. The highest BCUT2D eigenvalue weighted by molar-refractivity contribution is 6.32. The van der Waals surface area contributed by atoms with Crippen LogP contribution in [0.4, 0.5) is 4.79 Å². The van der Waals surface area contributed by atoms with Crippen LogP contribution in [0.15, 0.2) is 35.1 Å². The van der Waals surface area contributed by atoms with Crippen LogP contribution in [0, 0.1) is 5.92 Å². The predicted octanol–water partition coefficient (Wildman–Crippen LogP) is 3.55. The van der Waals surface area contributed by atoms with Crippen molar-refractivity contribution >= 4 is 28.5 Å². The maximum absolute atomic E-state index is 12.0. The topological polar surface area (TPSA) is 83.4 Å². The number of H-pyrrole nitrogens is 1. The Bertz CT molecular complexity index is 916. The van der Waals surface area contributed by atoms with Crippen LogP contribution in [0.3, 0.4) is 0 Å². The van der Waals surface area contributed by atoms with E-state index in [0.717, 1.165) is 29.7 Å². The molecule has 0 unspecified atom stereocenters. The molecule has 1 aromatic carbocycles. The molecule has 2 N–H and O–H groups in total. The first-order valence-corrected chi connectivity index (χ1v) is 8.82. The number of nitrogens with one attached hydrogen (secondary N) is 2. The Kier molecular flexibility index (Phi) is 4.46. The fourth-order valence-electron chi connectivity index (χ4n) is 3.01. The molecule has 1 saturated heterocycles. The predicted molar refractivity (Wildman–Crippen MR) is 97.1 cm³/mol. The van der Waals surface area contributed by atoms with Crippen LogP contribution >= 0.6 is 11.6 Å². The summed E-state index contributed by atoms with van der Waals surface area (Å²) < 4.78 is 10.5. The summed E-state index contributed by atoms with van der Waals surface area (Å²) in [6.45, 7) is 4.49. The van der Waals surface area contributed by atoms with Gasteiger partial charge in [0.25, 0.3) is 0 Å². The van der Waals surface area contributed by atoms with Gasteiger partial charge in [-0.15, -0.1) is 0 Å². The van der Waals surface area contributed by atoms with Gasteiger partial charge >= 0.3 is 6.03 Å². The van der Waals surface area contributed by atoms with Crippen LogP contribution in [0.5, 0.6) is 5.75 Å². The highest BCUT2D eigenvalue weighted by Crippen LogP contribution is 2.31. The SMILES string of the molecule is CC1CN(C(=O)NCc2cc3cc(Cl)c(OCc4ccon4)cc3[nH]2)C1. The van der Waals surface area contributed by atoms with Gasteiger partial charge in [-0.25, -0.2) is 4.79 Å². The maximum Gasteiger partial charge on any atom is 0.317 e. The zero-order chi connectivity index (χ0) is 18.1. The van der Waals surface area contributed by atoms with Crippen LogP contribution in [0.2, 0.25) is 5.02 Å². The number of aromatic nitrogens is 2. The second kappa shape index (κ2) is 6.92. The van der Waals surface area contributed by atoms with E-state index in [0.29, 0.717) is 28.9 Å². The van der Waals surface area contributed by atoms with Gasteiger partial charge in [-0.2, -0.15) is 0 Å². The van der Waals surface area contributed by atoms with E-state index in [2.05, 4.69) is 22.4 Å². The van der Waals surface area contributed by atoms with Crippen molar-refractivity contribution in [1.29, 1.82) is 0 Å². The van der Waals surface area contributed by atoms with E-state index in [9.17, 15) is 4.79 Å². The molecule has 136 valence electrons. The summed E-state index contributed by atoms with van der Waals surface area (Å²) in [5.41, 5.74) is 2.49. The fourth-order valence-corrected chi connectivity index (χ4v) is 3.24. The van der Waals surface area contributed by atoms with Crippen molar-refractivity contribution in [2.24, 2.45) is 5.92 Å². The monoisotopic (exact) mass is 374 g/mol. The van der Waals surface area contributed by atoms with Crippen LogP contribution in [0.1, 0.15) is 18.3 Å². The number of likely N-dealkylation sites (tertiary alicyclic amines) is 1. The highest BCUT2D eigenvalue weighted by atomic mass is 35.5. The minimum absolute atomic E-state index is 0.0311. The van der Waals surface area contributed by atoms with Gasteiger partial charge in [0, 0.05) is 41.8 Å². The lowest BCUT2D eigenvalue weighted by Gasteiger charge is -2.36. The molecule has 0 spiro atoms. The molecule has 0 saturated carbocycles. The van der Waals surface area contributed by atoms with Gasteiger partial charge < -0.3 is 24.5 Å². The number of amides is 2. The number of carbonyl (C=O) groups excluding carboxylic acids is 1. The Morgan fingerprint density at radius 1 is 1.46 bits per heavy atom. The summed E-state index contributed by atoms with van der Waals surface area (Å²) >= 11 is 6.30. The van der Waals surface area contributed by atoms with Crippen LogP contribution in [-0.4, -0.2) is 34.2 Å². The normalized spacial score (nSPS) is 14.5. The third-order valence-electron chi connectivity index (χ3n) is 4.38. The van der Waals surface area contributed by atoms with Gasteiger partial charge in [-0.3, -0.25) is 0 Å². The molecular weight excluding hydrogens is 356 g/mol. The number of hydrogen-bond donors (Lipinski definition) is 2. The quantitative estimate of drug-likeness (QED) is 0.715. The van der Waals surface area contributed by atoms with Crippen molar-refractivity contribution in [1.82, 2.24) is 20.4 Å². The second-order valence-electron chi connectivity index (χ2n) is 6.61. The van der Waals surface area contributed by atoms with Crippen molar-refractivity contribution < 1.29 is 14.1 Å². The van der Waals surface area contributed by atoms with Gasteiger partial charge in [-0.1, -0.05) is 23.7 Å². The van der Waals surface area contributed by atoms with E-state index in [-0.39, 0.29) is 12.6 Å². The number of nitrogens with zero attached hydrogens (tertiary/aromatic N) is 2. The number of urea groups is 1. The molecule has 4 rings (SSSR count). The van der Waals surface area contributed by atoms with Crippen molar-refractivity contribution in [3.05, 3.63) is 46.9 Å². The molecule has 0 atom stereocenters. The molecule has 3 heterocycles. The lowest BCUT2D eigenvalue weighted by atomic mass is 10.0. The Balaban J connectivity index is 1.42. The molecule has 3 aromatic rings. The molecule has 1 fully saturated rings. The van der Waals surface area contributed by atoms with Gasteiger partial charge in [0.2, 0.25) is 0 Å². The van der Waals surface area contributed by atoms with Crippen molar-refractivity contribution in [2.45, 2.75) is 20.1 Å². The third kappa shape index (κ3) is 3.48. The summed E-state index contributed by atoms with van der Waals surface area (Å²) in [6.07, 6.45) is 1.50. The number of halogens is 1. The van der Waals surface area contributed by atoms with Crippen molar-refractivity contribution in [3.63, 3.8) is 0 Å². The average molecular weight is 375 g/mol. The number of carbonyl (C=O) groups is 1. The van der Waals surface area contributed by atoms with Gasteiger partial charge in [0.15, 0.2) is 0 Å². The Labute approximate surface area is 155 Å². The molecule has 26 heavy (non-hydrogen) atoms. The molecule has 0 radical (unpaired) electrons. The molecule has 0 bridgehead atoms. The van der Waals surface area contributed by atoms with Crippen LogP contribution < -0.4 is 10.1 Å². The van der Waals surface area contributed by atoms with E-state index < -0.39 is 0 Å². The van der Waals surface area contributed by atoms with E-state index in [1.807, 2.05) is 18.2 Å². The van der Waals surface area contributed by atoms with Crippen molar-refractivity contribution in [3.8, 4) is 5.75 Å². The number of rotatable bonds is 5. The summed E-state index contributed by atoms with van der Waals surface area (Å²) in [4.78, 5) is 17.1. The van der Waals surface area contributed by atoms with E-state index in [4.69, 9.17) is 20.9 Å². The van der Waals surface area contributed by atoms with E-state index in [1.165, 1.54) is 6.26 Å². The summed E-state index contributed by atoms with van der Waals surface area (Å²) in [5.74, 6) is 1.15. The molecule has 1 aliphatic heterocycles.